The van der Waals surface area contributed by atoms with Crippen LogP contribution >= 0.6 is 0 Å². The lowest BCUT2D eigenvalue weighted by Crippen LogP contribution is -2.08. The average molecular weight is 674 g/mol. The van der Waals surface area contributed by atoms with E-state index < -0.39 is 68.6 Å². The molecule has 8 nitrogen and oxygen atoms in total. The number of hydrogen-bond donors (Lipinski definition) is 1. The highest BCUT2D eigenvalue weighted by atomic mass is 32.2. The van der Waals surface area contributed by atoms with Crippen molar-refractivity contribution >= 4 is 9.84 Å². The predicted molar refractivity (Wildman–Crippen MR) is 145 cm³/mol. The molecule has 0 saturated carbocycles. The third-order valence-electron chi connectivity index (χ3n) is 6.63. The van der Waals surface area contributed by atoms with Crippen molar-refractivity contribution in [2.75, 3.05) is 6.26 Å². The van der Waals surface area contributed by atoms with Crippen LogP contribution in [-0.2, 0) is 22.6 Å². The minimum Gasteiger partial charge on any atom is -0.440 e. The van der Waals surface area contributed by atoms with E-state index in [0.29, 0.717) is 18.2 Å². The molecule has 0 spiro atoms. The van der Waals surface area contributed by atoms with Gasteiger partial charge in [0.15, 0.2) is 44.6 Å². The number of rotatable bonds is 8. The Labute approximate surface area is 254 Å². The van der Waals surface area contributed by atoms with Crippen LogP contribution in [0.2, 0.25) is 0 Å². The lowest BCUT2D eigenvalue weighted by molar-refractivity contribution is -0.141. The van der Waals surface area contributed by atoms with Crippen LogP contribution in [0.25, 0.3) is 39.4 Å². The summed E-state index contributed by atoms with van der Waals surface area (Å²) in [6.07, 6.45) is -3.06. The fourth-order valence-electron chi connectivity index (χ4n) is 4.67. The van der Waals surface area contributed by atoms with E-state index >= 15 is 0 Å². The molecule has 0 radical (unpaired) electrons. The summed E-state index contributed by atoms with van der Waals surface area (Å²) < 4.78 is 145. The van der Waals surface area contributed by atoms with E-state index in [4.69, 9.17) is 4.42 Å². The van der Waals surface area contributed by atoms with Gasteiger partial charge in [0, 0.05) is 36.1 Å². The van der Waals surface area contributed by atoms with Gasteiger partial charge in [-0.2, -0.15) is 27.1 Å². The standard InChI is InChI=1S/C29H19F8N3O5S/c1-13-38-25(16-9-20(31)27(21(32)10-16)45-28(33)34)26(44-13)17-7-14(3-4-22(17)40-6-5-24(39-40)29(35,36)37)15-8-19(30)18(12-41)23(11-15)46(2,42)43/h3-11,28,41H,12H2,1-2H3. The van der Waals surface area contributed by atoms with E-state index in [1.807, 2.05) is 0 Å². The predicted octanol–water partition coefficient (Wildman–Crippen LogP) is 7.10. The maximum absolute atomic E-state index is 15.0. The number of benzene rings is 3. The minimum atomic E-state index is -4.83. The molecular weight excluding hydrogens is 654 g/mol. The molecule has 0 amide bonds. The first-order chi connectivity index (χ1) is 21.5. The van der Waals surface area contributed by atoms with Gasteiger partial charge in [-0.1, -0.05) is 6.07 Å². The van der Waals surface area contributed by atoms with Gasteiger partial charge in [-0.15, -0.1) is 0 Å². The number of aryl methyl sites for hydroxylation is 1. The van der Waals surface area contributed by atoms with Crippen molar-refractivity contribution in [3.63, 3.8) is 0 Å². The third kappa shape index (κ3) is 6.32. The first kappa shape index (κ1) is 32.6. The van der Waals surface area contributed by atoms with Gasteiger partial charge in [0.05, 0.1) is 17.2 Å². The number of ether oxygens (including phenoxy) is 1. The summed E-state index contributed by atoms with van der Waals surface area (Å²) in [5, 5.41) is 13.1. The number of halogens is 8. The first-order valence-electron chi connectivity index (χ1n) is 12.8. The van der Waals surface area contributed by atoms with Crippen molar-refractivity contribution in [3.05, 3.63) is 89.3 Å². The Balaban J connectivity index is 1.77. The van der Waals surface area contributed by atoms with Crippen molar-refractivity contribution in [2.24, 2.45) is 0 Å². The molecule has 0 bridgehead atoms. The van der Waals surface area contributed by atoms with Crippen LogP contribution in [0.5, 0.6) is 5.75 Å². The van der Waals surface area contributed by atoms with Crippen LogP contribution in [0, 0.1) is 24.4 Å². The van der Waals surface area contributed by atoms with E-state index in [2.05, 4.69) is 14.8 Å². The summed E-state index contributed by atoms with van der Waals surface area (Å²) in [7, 11) is -4.06. The molecule has 242 valence electrons. The Morgan fingerprint density at radius 3 is 2.17 bits per heavy atom. The number of aromatic nitrogens is 3. The lowest BCUT2D eigenvalue weighted by atomic mass is 9.97. The molecule has 2 heterocycles. The molecule has 0 saturated heterocycles. The number of alkyl halides is 5. The van der Waals surface area contributed by atoms with E-state index in [0.717, 1.165) is 29.3 Å². The average Bonchev–Trinajstić information content (AvgIpc) is 3.61. The summed E-state index contributed by atoms with van der Waals surface area (Å²) in [5.74, 6) is -5.86. The molecule has 0 fully saturated rings. The van der Waals surface area contributed by atoms with E-state index in [-0.39, 0.29) is 45.3 Å². The molecule has 0 aliphatic carbocycles. The SMILES string of the molecule is Cc1nc(-c2cc(F)c(OC(F)F)c(F)c2)c(-c2cc(-c3cc(F)c(CO)c(S(C)(=O)=O)c3)ccc2-n2ccc(C(F)(F)F)n2)o1. The lowest BCUT2D eigenvalue weighted by Gasteiger charge is -2.14. The van der Waals surface area contributed by atoms with E-state index in [1.165, 1.54) is 25.1 Å². The van der Waals surface area contributed by atoms with Gasteiger partial charge in [-0.05, 0) is 53.6 Å². The zero-order chi connectivity index (χ0) is 33.7. The number of aliphatic hydroxyl groups is 1. The summed E-state index contributed by atoms with van der Waals surface area (Å²) in [6, 6.07) is 7.76. The van der Waals surface area contributed by atoms with E-state index in [1.54, 1.807) is 0 Å². The van der Waals surface area contributed by atoms with Crippen molar-refractivity contribution < 1.29 is 57.8 Å². The molecule has 5 rings (SSSR count). The maximum Gasteiger partial charge on any atom is 0.435 e. The first-order valence-corrected chi connectivity index (χ1v) is 14.7. The molecule has 2 aromatic heterocycles. The van der Waals surface area contributed by atoms with Gasteiger partial charge in [-0.3, -0.25) is 0 Å². The number of nitrogens with zero attached hydrogens (tertiary/aromatic N) is 3. The summed E-state index contributed by atoms with van der Waals surface area (Å²) >= 11 is 0. The van der Waals surface area contributed by atoms with Crippen LogP contribution < -0.4 is 4.74 Å². The second-order valence-corrected chi connectivity index (χ2v) is 11.8. The molecule has 5 aromatic rings. The Kier molecular flexibility index (Phi) is 8.41. The highest BCUT2D eigenvalue weighted by molar-refractivity contribution is 7.90. The highest BCUT2D eigenvalue weighted by Gasteiger charge is 2.34. The van der Waals surface area contributed by atoms with E-state index in [9.17, 15) is 48.6 Å². The largest absolute Gasteiger partial charge is 0.440 e. The fourth-order valence-corrected chi connectivity index (χ4v) is 5.62. The molecule has 46 heavy (non-hydrogen) atoms. The summed E-state index contributed by atoms with van der Waals surface area (Å²) in [4.78, 5) is 3.61. The normalized spacial score (nSPS) is 12.3. The van der Waals surface area contributed by atoms with Gasteiger partial charge >= 0.3 is 12.8 Å². The maximum atomic E-state index is 15.0. The topological polar surface area (TPSA) is 107 Å². The highest BCUT2D eigenvalue weighted by Crippen LogP contribution is 2.41. The zero-order valence-electron chi connectivity index (χ0n) is 23.3. The molecule has 1 N–H and O–H groups in total. The fraction of sp³-hybridized carbons (Fsp3) is 0.172. The van der Waals surface area contributed by atoms with Crippen LogP contribution in [0.3, 0.4) is 0 Å². The number of sulfone groups is 1. The monoisotopic (exact) mass is 673 g/mol. The van der Waals surface area contributed by atoms with Crippen LogP contribution in [0.1, 0.15) is 17.1 Å². The van der Waals surface area contributed by atoms with Crippen molar-refractivity contribution in [2.45, 2.75) is 31.2 Å². The quantitative estimate of drug-likeness (QED) is 0.175. The number of oxazole rings is 1. The second-order valence-electron chi connectivity index (χ2n) is 9.80. The molecule has 0 aliphatic rings. The second kappa shape index (κ2) is 11.9. The van der Waals surface area contributed by atoms with Crippen LogP contribution in [-0.4, -0.2) is 41.2 Å². The smallest absolute Gasteiger partial charge is 0.435 e. The molecule has 0 atom stereocenters. The molecule has 17 heteroatoms. The Bertz CT molecular complexity index is 2050. The Morgan fingerprint density at radius 2 is 1.61 bits per heavy atom. The van der Waals surface area contributed by atoms with Crippen LogP contribution in [0.15, 0.2) is 64.0 Å². The van der Waals surface area contributed by atoms with Gasteiger partial charge in [0.2, 0.25) is 0 Å². The van der Waals surface area contributed by atoms with Crippen LogP contribution in [0.4, 0.5) is 35.1 Å². The van der Waals surface area contributed by atoms with Gasteiger partial charge in [-0.25, -0.2) is 31.3 Å². The zero-order valence-corrected chi connectivity index (χ0v) is 24.2. The molecule has 0 unspecified atom stereocenters. The molecule has 3 aromatic carbocycles. The minimum absolute atomic E-state index is 0.0391. The van der Waals surface area contributed by atoms with Gasteiger partial charge < -0.3 is 14.3 Å². The number of hydrogen-bond acceptors (Lipinski definition) is 7. The Morgan fingerprint density at radius 1 is 0.957 bits per heavy atom. The van der Waals surface area contributed by atoms with Crippen molar-refractivity contribution in [1.82, 2.24) is 14.8 Å². The molecule has 0 aliphatic heterocycles. The molecular formula is C29H19F8N3O5S. The van der Waals surface area contributed by atoms with Crippen molar-refractivity contribution in [3.8, 4) is 45.1 Å². The number of aliphatic hydroxyl groups excluding tert-OH is 1. The summed E-state index contributed by atoms with van der Waals surface area (Å²) in [6.45, 7) is -3.14. The van der Waals surface area contributed by atoms with Gasteiger partial charge in [0.25, 0.3) is 0 Å². The summed E-state index contributed by atoms with van der Waals surface area (Å²) in [5.41, 5.74) is -2.52. The van der Waals surface area contributed by atoms with Crippen molar-refractivity contribution in [1.29, 1.82) is 0 Å². The third-order valence-corrected chi connectivity index (χ3v) is 7.79. The van der Waals surface area contributed by atoms with Gasteiger partial charge in [0.1, 0.15) is 11.5 Å². The Hall–Kier alpha value is -4.77.